The van der Waals surface area contributed by atoms with E-state index in [4.69, 9.17) is 0 Å². The third-order valence-electron chi connectivity index (χ3n) is 5.61. The number of hydrogen-bond acceptors (Lipinski definition) is 0. The topological polar surface area (TPSA) is 0 Å². The first kappa shape index (κ1) is 15.2. The van der Waals surface area contributed by atoms with E-state index in [1.165, 1.54) is 32.7 Å². The van der Waals surface area contributed by atoms with Crippen molar-refractivity contribution in [3.05, 3.63) is 120 Å². The first-order valence-electron chi connectivity index (χ1n) is 9.19. The molecule has 0 saturated carbocycles. The fourth-order valence-corrected chi connectivity index (χ4v) is 4.39. The van der Waals surface area contributed by atoms with Crippen LogP contribution >= 0.6 is 0 Å². The van der Waals surface area contributed by atoms with Gasteiger partial charge in [0.1, 0.15) is 0 Å². The summed E-state index contributed by atoms with van der Waals surface area (Å²) in [6.07, 6.45) is 10.0. The van der Waals surface area contributed by atoms with Gasteiger partial charge in [0.25, 0.3) is 0 Å². The van der Waals surface area contributed by atoms with Crippen LogP contribution in [0.1, 0.15) is 17.5 Å². The van der Waals surface area contributed by atoms with Gasteiger partial charge in [-0.05, 0) is 39.1 Å². The summed E-state index contributed by atoms with van der Waals surface area (Å²) in [4.78, 5) is 0. The maximum Gasteiger partial charge on any atom is 0.0431 e. The van der Waals surface area contributed by atoms with Gasteiger partial charge in [-0.1, -0.05) is 109 Å². The summed E-state index contributed by atoms with van der Waals surface area (Å²) in [6.45, 7) is 0. The minimum absolute atomic E-state index is 0.142. The van der Waals surface area contributed by atoms with Gasteiger partial charge in [-0.2, -0.15) is 0 Å². The zero-order chi connectivity index (χ0) is 17.4. The molecule has 0 heteroatoms. The summed E-state index contributed by atoms with van der Waals surface area (Å²) in [5, 5.41) is 5.27. The van der Waals surface area contributed by atoms with E-state index in [9.17, 15) is 0 Å². The number of fused-ring (bicyclic) bond motifs is 2. The Bertz CT molecular complexity index is 1070. The summed E-state index contributed by atoms with van der Waals surface area (Å²) < 4.78 is 0. The van der Waals surface area contributed by atoms with Crippen LogP contribution < -0.4 is 0 Å². The molecule has 0 aromatic heterocycles. The van der Waals surface area contributed by atoms with E-state index in [1.54, 1.807) is 0 Å². The smallest absolute Gasteiger partial charge is 0.0431 e. The van der Waals surface area contributed by atoms with Gasteiger partial charge in [0, 0.05) is 5.41 Å². The molecule has 0 N–H and O–H groups in total. The number of benzene rings is 4. The van der Waals surface area contributed by atoms with E-state index < -0.39 is 0 Å². The molecule has 1 aliphatic carbocycles. The zero-order valence-electron chi connectivity index (χ0n) is 14.6. The van der Waals surface area contributed by atoms with Gasteiger partial charge in [0.2, 0.25) is 0 Å². The molecule has 0 amide bonds. The van der Waals surface area contributed by atoms with Crippen LogP contribution in [0, 0.1) is 0 Å². The second kappa shape index (κ2) is 6.00. The van der Waals surface area contributed by atoms with Gasteiger partial charge in [-0.25, -0.2) is 0 Å². The summed E-state index contributed by atoms with van der Waals surface area (Å²) in [5.41, 5.74) is 2.62. The Morgan fingerprint density at radius 1 is 0.538 bits per heavy atom. The lowest BCUT2D eigenvalue weighted by Gasteiger charge is -2.35. The predicted molar refractivity (Wildman–Crippen MR) is 112 cm³/mol. The van der Waals surface area contributed by atoms with Crippen LogP contribution in [0.3, 0.4) is 0 Å². The Morgan fingerprint density at radius 2 is 1.08 bits per heavy atom. The van der Waals surface area contributed by atoms with Gasteiger partial charge in [-0.3, -0.25) is 0 Å². The predicted octanol–water partition coefficient (Wildman–Crippen LogP) is 6.80. The molecule has 0 unspecified atom stereocenters. The summed E-state index contributed by atoms with van der Waals surface area (Å²) in [5.74, 6) is 0. The highest BCUT2D eigenvalue weighted by Crippen LogP contribution is 2.44. The molecule has 0 heterocycles. The van der Waals surface area contributed by atoms with Crippen LogP contribution in [-0.4, -0.2) is 0 Å². The van der Waals surface area contributed by atoms with Crippen molar-refractivity contribution in [1.82, 2.24) is 0 Å². The molecule has 124 valence electrons. The monoisotopic (exact) mass is 332 g/mol. The van der Waals surface area contributed by atoms with E-state index in [0.717, 1.165) is 6.42 Å². The Hall–Kier alpha value is -3.12. The van der Waals surface area contributed by atoms with E-state index in [2.05, 4.69) is 109 Å². The fourth-order valence-electron chi connectivity index (χ4n) is 4.39. The van der Waals surface area contributed by atoms with Crippen LogP contribution in [0.2, 0.25) is 0 Å². The van der Waals surface area contributed by atoms with Crippen molar-refractivity contribution in [2.24, 2.45) is 0 Å². The Kier molecular flexibility index (Phi) is 3.50. The molecule has 1 aliphatic rings. The third-order valence-corrected chi connectivity index (χ3v) is 5.61. The number of rotatable bonds is 2. The minimum Gasteiger partial charge on any atom is -0.0830 e. The van der Waals surface area contributed by atoms with Crippen LogP contribution in [0.5, 0.6) is 0 Å². The standard InChI is InChI=1S/C26H20/c1-6-18-26(19-7-1,24-16-8-12-20-10-2-4-14-22(20)24)25-17-9-13-21-11-3-5-15-23(21)25/h1-18H,19H2. The van der Waals surface area contributed by atoms with Gasteiger partial charge in [0.05, 0.1) is 0 Å². The van der Waals surface area contributed by atoms with Crippen molar-refractivity contribution in [2.75, 3.05) is 0 Å². The molecule has 0 fully saturated rings. The van der Waals surface area contributed by atoms with E-state index in [-0.39, 0.29) is 5.41 Å². The highest BCUT2D eigenvalue weighted by molar-refractivity contribution is 5.92. The fraction of sp³-hybridized carbons (Fsp3) is 0.0769. The number of hydrogen-bond donors (Lipinski definition) is 0. The van der Waals surface area contributed by atoms with Gasteiger partial charge in [-0.15, -0.1) is 0 Å². The second-order valence-electron chi connectivity index (χ2n) is 7.02. The summed E-state index contributed by atoms with van der Waals surface area (Å²) >= 11 is 0. The quantitative estimate of drug-likeness (QED) is 0.379. The average molecular weight is 332 g/mol. The SMILES string of the molecule is C1=CCC(c2cccc3ccccc23)(c2cccc3ccccc23)C=C1. The van der Waals surface area contributed by atoms with Crippen molar-refractivity contribution < 1.29 is 0 Å². The normalized spacial score (nSPS) is 15.5. The van der Waals surface area contributed by atoms with Crippen molar-refractivity contribution >= 4 is 21.5 Å². The molecule has 0 aliphatic heterocycles. The molecule has 26 heavy (non-hydrogen) atoms. The van der Waals surface area contributed by atoms with Gasteiger partial charge in [0.15, 0.2) is 0 Å². The van der Waals surface area contributed by atoms with Crippen LogP contribution in [0.15, 0.2) is 109 Å². The van der Waals surface area contributed by atoms with Crippen LogP contribution in [-0.2, 0) is 5.41 Å². The third kappa shape index (κ3) is 2.23. The molecule has 0 radical (unpaired) electrons. The highest BCUT2D eigenvalue weighted by atomic mass is 14.4. The van der Waals surface area contributed by atoms with Crippen molar-refractivity contribution in [3.63, 3.8) is 0 Å². The van der Waals surface area contributed by atoms with E-state index in [1.807, 2.05) is 0 Å². The first-order chi connectivity index (χ1) is 12.9. The maximum atomic E-state index is 2.39. The first-order valence-corrected chi connectivity index (χ1v) is 9.19. The van der Waals surface area contributed by atoms with Crippen LogP contribution in [0.4, 0.5) is 0 Å². The lowest BCUT2D eigenvalue weighted by molar-refractivity contribution is 0.659. The largest absolute Gasteiger partial charge is 0.0830 e. The molecule has 0 spiro atoms. The van der Waals surface area contributed by atoms with Gasteiger partial charge >= 0.3 is 0 Å². The zero-order valence-corrected chi connectivity index (χ0v) is 14.6. The van der Waals surface area contributed by atoms with Crippen molar-refractivity contribution in [1.29, 1.82) is 0 Å². The van der Waals surface area contributed by atoms with Crippen molar-refractivity contribution in [3.8, 4) is 0 Å². The molecule has 0 saturated heterocycles. The molecule has 4 aromatic rings. The Labute approximate surface area is 154 Å². The summed E-state index contributed by atoms with van der Waals surface area (Å²) in [6, 6.07) is 30.8. The molecule has 5 rings (SSSR count). The minimum atomic E-state index is -0.142. The summed E-state index contributed by atoms with van der Waals surface area (Å²) in [7, 11) is 0. The molecule has 4 aromatic carbocycles. The highest BCUT2D eigenvalue weighted by Gasteiger charge is 2.34. The number of allylic oxidation sites excluding steroid dienone is 4. The lowest BCUT2D eigenvalue weighted by Crippen LogP contribution is -2.26. The molecule has 0 atom stereocenters. The van der Waals surface area contributed by atoms with E-state index >= 15 is 0 Å². The van der Waals surface area contributed by atoms with E-state index in [0.29, 0.717) is 0 Å². The second-order valence-corrected chi connectivity index (χ2v) is 7.02. The molecular weight excluding hydrogens is 312 g/mol. The molecule has 0 bridgehead atoms. The lowest BCUT2D eigenvalue weighted by atomic mass is 9.68. The van der Waals surface area contributed by atoms with Crippen LogP contribution in [0.25, 0.3) is 21.5 Å². The Balaban J connectivity index is 1.88. The maximum absolute atomic E-state index is 2.39. The molecular formula is C26H20. The average Bonchev–Trinajstić information content (AvgIpc) is 2.73. The molecule has 0 nitrogen and oxygen atoms in total. The van der Waals surface area contributed by atoms with Gasteiger partial charge < -0.3 is 0 Å². The Morgan fingerprint density at radius 3 is 1.62 bits per heavy atom. The van der Waals surface area contributed by atoms with Crippen molar-refractivity contribution in [2.45, 2.75) is 11.8 Å².